The van der Waals surface area contributed by atoms with Crippen molar-refractivity contribution in [2.24, 2.45) is 0 Å². The number of amides is 2. The van der Waals surface area contributed by atoms with Crippen LogP contribution in [0.25, 0.3) is 0 Å². The second-order valence-corrected chi connectivity index (χ2v) is 9.74. The van der Waals surface area contributed by atoms with Gasteiger partial charge in [0.2, 0.25) is 0 Å². The van der Waals surface area contributed by atoms with E-state index in [9.17, 15) is 9.59 Å². The molecule has 8 heteroatoms. The van der Waals surface area contributed by atoms with Crippen molar-refractivity contribution in [1.82, 2.24) is 10.2 Å². The van der Waals surface area contributed by atoms with E-state index in [1.165, 1.54) is 0 Å². The minimum absolute atomic E-state index is 0.0792. The lowest BCUT2D eigenvalue weighted by Crippen LogP contribution is -2.48. The summed E-state index contributed by atoms with van der Waals surface area (Å²) < 4.78 is 5.69. The van der Waals surface area contributed by atoms with Crippen LogP contribution in [-0.4, -0.2) is 54.6 Å². The highest BCUT2D eigenvalue weighted by atomic mass is 32.1. The maximum atomic E-state index is 12.8. The first-order valence-corrected chi connectivity index (χ1v) is 13.4. The van der Waals surface area contributed by atoms with Crippen LogP contribution in [0.1, 0.15) is 46.0 Å². The molecule has 2 amide bonds. The lowest BCUT2D eigenvalue weighted by molar-refractivity contribution is 0.0746. The number of anilines is 2. The van der Waals surface area contributed by atoms with E-state index in [1.54, 1.807) is 18.2 Å². The van der Waals surface area contributed by atoms with Crippen molar-refractivity contribution in [3.63, 3.8) is 0 Å². The molecule has 1 aliphatic rings. The quantitative estimate of drug-likeness (QED) is 0.306. The SMILES string of the molecule is CCCCOc1cccc(C(=O)NC(=S)Nc2ccc(N3CCN(C(=O)c4ccc(C)cc4)CC3)cc2)c1. The van der Waals surface area contributed by atoms with Crippen molar-refractivity contribution in [1.29, 1.82) is 0 Å². The fourth-order valence-electron chi connectivity index (χ4n) is 4.20. The van der Waals surface area contributed by atoms with E-state index in [2.05, 4.69) is 22.5 Å². The molecule has 3 aromatic carbocycles. The highest BCUT2D eigenvalue weighted by Gasteiger charge is 2.22. The van der Waals surface area contributed by atoms with Gasteiger partial charge in [-0.15, -0.1) is 0 Å². The third-order valence-corrected chi connectivity index (χ3v) is 6.65. The zero-order chi connectivity index (χ0) is 26.9. The zero-order valence-electron chi connectivity index (χ0n) is 21.9. The molecule has 0 saturated carbocycles. The summed E-state index contributed by atoms with van der Waals surface area (Å²) in [6.07, 6.45) is 2.01. The molecule has 4 rings (SSSR count). The summed E-state index contributed by atoms with van der Waals surface area (Å²) in [6, 6.07) is 22.7. The largest absolute Gasteiger partial charge is 0.494 e. The molecule has 1 saturated heterocycles. The summed E-state index contributed by atoms with van der Waals surface area (Å²) in [5.74, 6) is 0.453. The van der Waals surface area contributed by atoms with Crippen LogP contribution in [0.2, 0.25) is 0 Å². The lowest BCUT2D eigenvalue weighted by atomic mass is 10.1. The van der Waals surface area contributed by atoms with E-state index in [1.807, 2.05) is 66.4 Å². The van der Waals surface area contributed by atoms with Crippen molar-refractivity contribution in [3.8, 4) is 5.75 Å². The first-order chi connectivity index (χ1) is 18.4. The molecule has 0 atom stereocenters. The fourth-order valence-corrected chi connectivity index (χ4v) is 4.41. The van der Waals surface area contributed by atoms with Crippen molar-refractivity contribution in [2.75, 3.05) is 43.0 Å². The number of unbranched alkanes of at least 4 members (excludes halogenated alkanes) is 1. The van der Waals surface area contributed by atoms with Crippen LogP contribution < -0.4 is 20.3 Å². The van der Waals surface area contributed by atoms with Crippen LogP contribution in [-0.2, 0) is 0 Å². The summed E-state index contributed by atoms with van der Waals surface area (Å²) in [6.45, 7) is 7.62. The Kier molecular flexibility index (Phi) is 9.32. The number of rotatable bonds is 8. The van der Waals surface area contributed by atoms with Gasteiger partial charge in [0.25, 0.3) is 11.8 Å². The van der Waals surface area contributed by atoms with Crippen LogP contribution in [0.15, 0.2) is 72.8 Å². The molecular weight excluding hydrogens is 496 g/mol. The number of hydrogen-bond donors (Lipinski definition) is 2. The summed E-state index contributed by atoms with van der Waals surface area (Å²) in [4.78, 5) is 29.6. The lowest BCUT2D eigenvalue weighted by Gasteiger charge is -2.36. The molecule has 0 aliphatic carbocycles. The number of ether oxygens (including phenoxy) is 1. The van der Waals surface area contributed by atoms with E-state index >= 15 is 0 Å². The van der Waals surface area contributed by atoms with Crippen molar-refractivity contribution >= 4 is 40.5 Å². The van der Waals surface area contributed by atoms with Gasteiger partial charge in [-0.25, -0.2) is 0 Å². The Balaban J connectivity index is 1.25. The molecule has 198 valence electrons. The summed E-state index contributed by atoms with van der Waals surface area (Å²) in [5, 5.41) is 6.02. The summed E-state index contributed by atoms with van der Waals surface area (Å²) in [7, 11) is 0. The zero-order valence-corrected chi connectivity index (χ0v) is 22.7. The number of nitrogens with one attached hydrogen (secondary N) is 2. The average molecular weight is 531 g/mol. The molecule has 1 heterocycles. The van der Waals surface area contributed by atoms with Gasteiger partial charge in [0, 0.05) is 48.7 Å². The van der Waals surface area contributed by atoms with Crippen LogP contribution in [0.3, 0.4) is 0 Å². The first-order valence-electron chi connectivity index (χ1n) is 13.0. The predicted molar refractivity (Wildman–Crippen MR) is 156 cm³/mol. The van der Waals surface area contributed by atoms with Gasteiger partial charge in [0.1, 0.15) is 5.75 Å². The normalized spacial score (nSPS) is 13.1. The van der Waals surface area contributed by atoms with Gasteiger partial charge < -0.3 is 19.9 Å². The molecule has 3 aromatic rings. The number of carbonyl (C=O) groups excluding carboxylic acids is 2. The number of aryl methyl sites for hydroxylation is 1. The van der Waals surface area contributed by atoms with Gasteiger partial charge in [0.15, 0.2) is 5.11 Å². The molecule has 0 unspecified atom stereocenters. The third kappa shape index (κ3) is 7.32. The Bertz CT molecular complexity index is 1250. The fraction of sp³-hybridized carbons (Fsp3) is 0.300. The molecule has 1 fully saturated rings. The highest BCUT2D eigenvalue weighted by Crippen LogP contribution is 2.21. The standard InChI is InChI=1S/C30H34N4O3S/c1-3-4-20-37-27-7-5-6-24(21-27)28(35)32-30(38)31-25-12-14-26(15-13-25)33-16-18-34(19-17-33)29(36)23-10-8-22(2)9-11-23/h5-15,21H,3-4,16-20H2,1-2H3,(H2,31,32,35,38). The number of thiocarbonyl (C=S) groups is 1. The Hall–Kier alpha value is -3.91. The molecular formula is C30H34N4O3S. The van der Waals surface area contributed by atoms with Crippen LogP contribution >= 0.6 is 12.2 Å². The van der Waals surface area contributed by atoms with Crippen LogP contribution in [0, 0.1) is 6.92 Å². The Morgan fingerprint density at radius 2 is 1.63 bits per heavy atom. The summed E-state index contributed by atoms with van der Waals surface area (Å²) >= 11 is 5.35. The number of nitrogens with zero attached hydrogens (tertiary/aromatic N) is 2. The third-order valence-electron chi connectivity index (χ3n) is 6.45. The average Bonchev–Trinajstić information content (AvgIpc) is 2.94. The molecule has 38 heavy (non-hydrogen) atoms. The van der Waals surface area contributed by atoms with E-state index < -0.39 is 0 Å². The predicted octanol–water partition coefficient (Wildman–Crippen LogP) is 5.26. The molecule has 2 N–H and O–H groups in total. The smallest absolute Gasteiger partial charge is 0.257 e. The Morgan fingerprint density at radius 1 is 0.921 bits per heavy atom. The van der Waals surface area contributed by atoms with Gasteiger partial charge in [-0.05, 0) is 80.2 Å². The molecule has 1 aliphatic heterocycles. The molecule has 0 bridgehead atoms. The summed E-state index contributed by atoms with van der Waals surface area (Å²) in [5.41, 5.74) is 4.22. The highest BCUT2D eigenvalue weighted by molar-refractivity contribution is 7.80. The van der Waals surface area contributed by atoms with Gasteiger partial charge in [0.05, 0.1) is 6.61 Å². The Morgan fingerprint density at radius 3 is 2.32 bits per heavy atom. The number of hydrogen-bond acceptors (Lipinski definition) is 5. The molecule has 0 spiro atoms. The van der Waals surface area contributed by atoms with Crippen LogP contribution in [0.4, 0.5) is 11.4 Å². The topological polar surface area (TPSA) is 73.9 Å². The minimum atomic E-state index is -0.293. The minimum Gasteiger partial charge on any atom is -0.494 e. The Labute approximate surface area is 229 Å². The van der Waals surface area contributed by atoms with Crippen molar-refractivity contribution < 1.29 is 14.3 Å². The first kappa shape index (κ1) is 27.1. The van der Waals surface area contributed by atoms with E-state index in [-0.39, 0.29) is 16.9 Å². The second kappa shape index (κ2) is 13.1. The van der Waals surface area contributed by atoms with Gasteiger partial charge >= 0.3 is 0 Å². The van der Waals surface area contributed by atoms with E-state index in [0.29, 0.717) is 31.0 Å². The monoisotopic (exact) mass is 530 g/mol. The van der Waals surface area contributed by atoms with Crippen molar-refractivity contribution in [3.05, 3.63) is 89.5 Å². The molecule has 0 radical (unpaired) electrons. The van der Waals surface area contributed by atoms with E-state index in [4.69, 9.17) is 17.0 Å². The van der Waals surface area contributed by atoms with E-state index in [0.717, 1.165) is 48.4 Å². The number of carbonyl (C=O) groups is 2. The van der Waals surface area contributed by atoms with Gasteiger partial charge in [-0.2, -0.15) is 0 Å². The number of benzene rings is 3. The maximum Gasteiger partial charge on any atom is 0.257 e. The van der Waals surface area contributed by atoms with Gasteiger partial charge in [-0.1, -0.05) is 37.1 Å². The van der Waals surface area contributed by atoms with Gasteiger partial charge in [-0.3, -0.25) is 14.9 Å². The van der Waals surface area contributed by atoms with Crippen molar-refractivity contribution in [2.45, 2.75) is 26.7 Å². The maximum absolute atomic E-state index is 12.8. The molecule has 0 aromatic heterocycles. The number of piperazine rings is 1. The second-order valence-electron chi connectivity index (χ2n) is 9.33. The van der Waals surface area contributed by atoms with Crippen LogP contribution in [0.5, 0.6) is 5.75 Å². The molecule has 7 nitrogen and oxygen atoms in total.